The Morgan fingerprint density at radius 1 is 0.429 bits per heavy atom. The predicted octanol–water partition coefficient (Wildman–Crippen LogP) is 5.38. The molecule has 0 aliphatic carbocycles. The Hall–Kier alpha value is -3.92. The smallest absolute Gasteiger partial charge is 0.0737 e. The van der Waals surface area contributed by atoms with Crippen molar-refractivity contribution in [1.29, 1.82) is 0 Å². The van der Waals surface area contributed by atoms with Gasteiger partial charge in [-0.1, -0.05) is 48.5 Å². The summed E-state index contributed by atoms with van der Waals surface area (Å²) in [6, 6.07) is 29.0. The third-order valence-electron chi connectivity index (χ3n) is 5.61. The Balaban J connectivity index is 1.94. The summed E-state index contributed by atoms with van der Waals surface area (Å²) in [5, 5.41) is 4.44. The van der Waals surface area contributed by atoms with Crippen LogP contribution in [0.5, 0.6) is 0 Å². The minimum Gasteiger partial charge on any atom is -0.398 e. The van der Waals surface area contributed by atoms with Crippen molar-refractivity contribution in [2.75, 3.05) is 11.5 Å². The van der Waals surface area contributed by atoms with Gasteiger partial charge in [-0.15, -0.1) is 0 Å². The topological polar surface area (TPSA) is 61.9 Å². The maximum Gasteiger partial charge on any atom is 0.0737 e. The summed E-state index contributed by atoms with van der Waals surface area (Å²) in [6.45, 7) is 0. The van der Waals surface area contributed by atoms with Crippen LogP contribution in [-0.2, 0) is 0 Å². The van der Waals surface area contributed by atoms with Gasteiger partial charge in [-0.05, 0) is 36.4 Å². The molecule has 0 unspecified atom stereocenters. The van der Waals surface area contributed by atoms with Crippen LogP contribution < -0.4 is 11.5 Å². The molecule has 28 heavy (non-hydrogen) atoms. The molecule has 0 aliphatic rings. The van der Waals surface area contributed by atoms with Gasteiger partial charge in [-0.2, -0.15) is 0 Å². The molecule has 4 N–H and O–H groups in total. The van der Waals surface area contributed by atoms with Gasteiger partial charge in [0.2, 0.25) is 0 Å². The van der Waals surface area contributed by atoms with Gasteiger partial charge in [-0.3, -0.25) is 0 Å². The number of nitrogens with two attached hydrogens (primary N) is 2. The van der Waals surface area contributed by atoms with Crippen LogP contribution in [-0.4, -0.2) is 9.35 Å². The van der Waals surface area contributed by atoms with Crippen molar-refractivity contribution in [3.05, 3.63) is 84.9 Å². The second kappa shape index (κ2) is 5.30. The molecule has 6 aromatic rings. The molecule has 4 heteroatoms. The lowest BCUT2D eigenvalue weighted by molar-refractivity contribution is 0.775. The largest absolute Gasteiger partial charge is 0.398 e. The van der Waals surface area contributed by atoms with Gasteiger partial charge in [-0.25, -0.2) is 9.35 Å². The molecule has 4 nitrogen and oxygen atoms in total. The molecule has 2 heterocycles. The minimum atomic E-state index is 0.785. The zero-order valence-electron chi connectivity index (χ0n) is 15.1. The second-order valence-electron chi connectivity index (χ2n) is 7.14. The average molecular weight is 362 g/mol. The van der Waals surface area contributed by atoms with Crippen molar-refractivity contribution in [2.45, 2.75) is 0 Å². The van der Waals surface area contributed by atoms with E-state index in [2.05, 4.69) is 70.0 Å². The highest BCUT2D eigenvalue weighted by molar-refractivity contribution is 6.16. The molecule has 2 aromatic heterocycles. The van der Waals surface area contributed by atoms with Crippen molar-refractivity contribution in [1.82, 2.24) is 9.35 Å². The van der Waals surface area contributed by atoms with E-state index < -0.39 is 0 Å². The summed E-state index contributed by atoms with van der Waals surface area (Å²) >= 11 is 0. The molecule has 6 rings (SSSR count). The third kappa shape index (κ3) is 1.79. The minimum absolute atomic E-state index is 0.785. The molecule has 0 bridgehead atoms. The van der Waals surface area contributed by atoms with Crippen molar-refractivity contribution < 1.29 is 0 Å². The Bertz CT molecular complexity index is 1420. The number of nitrogen functional groups attached to an aromatic ring is 2. The zero-order valence-corrected chi connectivity index (χ0v) is 15.1. The number of hydrogen-bond acceptors (Lipinski definition) is 2. The Morgan fingerprint density at radius 2 is 0.821 bits per heavy atom. The van der Waals surface area contributed by atoms with Crippen LogP contribution in [0.4, 0.5) is 11.4 Å². The number of rotatable bonds is 1. The van der Waals surface area contributed by atoms with Crippen molar-refractivity contribution in [3.63, 3.8) is 0 Å². The molecule has 0 spiro atoms. The lowest BCUT2D eigenvalue weighted by Crippen LogP contribution is -2.08. The van der Waals surface area contributed by atoms with Crippen LogP contribution >= 0.6 is 0 Å². The van der Waals surface area contributed by atoms with Gasteiger partial charge in [0.25, 0.3) is 0 Å². The number of anilines is 2. The van der Waals surface area contributed by atoms with E-state index in [-0.39, 0.29) is 0 Å². The summed E-state index contributed by atoms with van der Waals surface area (Å²) in [6.07, 6.45) is 0. The lowest BCUT2D eigenvalue weighted by Gasteiger charge is -2.13. The number of benzene rings is 4. The molecule has 0 fully saturated rings. The normalized spacial score (nSPS) is 11.9. The maximum atomic E-state index is 6.40. The summed E-state index contributed by atoms with van der Waals surface area (Å²) in [4.78, 5) is 0. The van der Waals surface area contributed by atoms with Crippen LogP contribution in [0.1, 0.15) is 0 Å². The van der Waals surface area contributed by atoms with Crippen LogP contribution in [0, 0.1) is 0 Å². The van der Waals surface area contributed by atoms with Gasteiger partial charge in [0, 0.05) is 32.9 Å². The zero-order chi connectivity index (χ0) is 18.8. The fourth-order valence-electron chi connectivity index (χ4n) is 4.48. The fraction of sp³-hybridized carbons (Fsp3) is 0. The third-order valence-corrected chi connectivity index (χ3v) is 5.61. The monoisotopic (exact) mass is 362 g/mol. The molecule has 0 aliphatic heterocycles. The van der Waals surface area contributed by atoms with Crippen molar-refractivity contribution >= 4 is 55.0 Å². The van der Waals surface area contributed by atoms with Gasteiger partial charge in [0.15, 0.2) is 0 Å². The van der Waals surface area contributed by atoms with Crippen LogP contribution in [0.15, 0.2) is 84.9 Å². The first-order chi connectivity index (χ1) is 13.8. The Kier molecular flexibility index (Phi) is 2.87. The van der Waals surface area contributed by atoms with Crippen LogP contribution in [0.3, 0.4) is 0 Å². The van der Waals surface area contributed by atoms with E-state index in [4.69, 9.17) is 11.5 Å². The molecule has 0 saturated heterocycles. The summed E-state index contributed by atoms with van der Waals surface area (Å²) in [5.74, 6) is 0. The molecular weight excluding hydrogens is 344 g/mol. The predicted molar refractivity (Wildman–Crippen MR) is 119 cm³/mol. The average Bonchev–Trinajstić information content (AvgIpc) is 3.22. The highest BCUT2D eigenvalue weighted by Gasteiger charge is 2.19. The number of nitrogens with zero attached hydrogens (tertiary/aromatic N) is 2. The Labute approximate surface area is 161 Å². The van der Waals surface area contributed by atoms with E-state index in [9.17, 15) is 0 Å². The molecular formula is C24H18N4. The highest BCUT2D eigenvalue weighted by atomic mass is 15.5. The molecule has 0 atom stereocenters. The van der Waals surface area contributed by atoms with E-state index in [0.717, 1.165) is 55.0 Å². The molecule has 0 amide bonds. The Morgan fingerprint density at radius 3 is 1.29 bits per heavy atom. The van der Waals surface area contributed by atoms with Crippen molar-refractivity contribution in [3.8, 4) is 0 Å². The first-order valence-electron chi connectivity index (χ1n) is 9.31. The van der Waals surface area contributed by atoms with E-state index in [0.29, 0.717) is 0 Å². The first kappa shape index (κ1) is 15.2. The lowest BCUT2D eigenvalue weighted by atomic mass is 10.1. The van der Waals surface area contributed by atoms with E-state index >= 15 is 0 Å². The van der Waals surface area contributed by atoms with Gasteiger partial charge in [0.1, 0.15) is 0 Å². The SMILES string of the molecule is Nc1cccc2c1c1ccccc1n2-n1c2ccccc2c2c(N)cccc21. The van der Waals surface area contributed by atoms with Crippen LogP contribution in [0.25, 0.3) is 43.6 Å². The molecule has 4 aromatic carbocycles. The van der Waals surface area contributed by atoms with E-state index in [1.807, 2.05) is 24.3 Å². The quantitative estimate of drug-likeness (QED) is 0.386. The summed E-state index contributed by atoms with van der Waals surface area (Å²) in [7, 11) is 0. The highest BCUT2D eigenvalue weighted by Crippen LogP contribution is 2.38. The number of aromatic nitrogens is 2. The summed E-state index contributed by atoms with van der Waals surface area (Å²) in [5.41, 5.74) is 18.7. The molecule has 0 saturated carbocycles. The number of para-hydroxylation sites is 2. The van der Waals surface area contributed by atoms with Gasteiger partial charge < -0.3 is 11.5 Å². The van der Waals surface area contributed by atoms with E-state index in [1.54, 1.807) is 0 Å². The number of hydrogen-bond donors (Lipinski definition) is 2. The van der Waals surface area contributed by atoms with Crippen molar-refractivity contribution in [2.24, 2.45) is 0 Å². The number of fused-ring (bicyclic) bond motifs is 6. The van der Waals surface area contributed by atoms with Gasteiger partial charge >= 0.3 is 0 Å². The standard InChI is InChI=1S/C24H18N4/c25-17-9-5-13-21-23(17)15-7-1-3-11-19(15)27(21)28-20-12-4-2-8-16(20)24-18(26)10-6-14-22(24)28/h1-14H,25-26H2. The second-order valence-corrected chi connectivity index (χ2v) is 7.14. The maximum absolute atomic E-state index is 6.40. The van der Waals surface area contributed by atoms with E-state index in [1.165, 1.54) is 0 Å². The molecule has 134 valence electrons. The van der Waals surface area contributed by atoms with Gasteiger partial charge in [0.05, 0.1) is 22.1 Å². The molecule has 0 radical (unpaired) electrons. The fourth-order valence-corrected chi connectivity index (χ4v) is 4.48. The van der Waals surface area contributed by atoms with Crippen LogP contribution in [0.2, 0.25) is 0 Å². The first-order valence-corrected chi connectivity index (χ1v) is 9.31. The summed E-state index contributed by atoms with van der Waals surface area (Å²) < 4.78 is 4.51.